The van der Waals surface area contributed by atoms with E-state index in [1.54, 1.807) is 0 Å². The summed E-state index contributed by atoms with van der Waals surface area (Å²) in [6.45, 7) is 5.78. The minimum absolute atomic E-state index is 0.734. The van der Waals surface area contributed by atoms with Gasteiger partial charge in [0.25, 0.3) is 0 Å². The first-order valence-electron chi connectivity index (χ1n) is 9.38. The second kappa shape index (κ2) is 9.02. The fraction of sp³-hybridized carbons (Fsp3) is 0.333. The first kappa shape index (κ1) is 18.0. The monoisotopic (exact) mass is 344 g/mol. The molecule has 0 atom stereocenters. The van der Waals surface area contributed by atoms with Gasteiger partial charge in [-0.25, -0.2) is 0 Å². The van der Waals surface area contributed by atoms with E-state index < -0.39 is 0 Å². The Labute approximate surface area is 156 Å². The van der Waals surface area contributed by atoms with Gasteiger partial charge in [0.2, 0.25) is 0 Å². The van der Waals surface area contributed by atoms with Crippen molar-refractivity contribution >= 4 is 0 Å². The predicted molar refractivity (Wildman–Crippen MR) is 106 cm³/mol. The van der Waals surface area contributed by atoms with E-state index in [1.807, 2.05) is 36.4 Å². The Kier molecular flexibility index (Phi) is 6.24. The molecule has 0 amide bonds. The first-order chi connectivity index (χ1) is 12.8. The van der Waals surface area contributed by atoms with Crippen molar-refractivity contribution in [3.05, 3.63) is 58.7 Å². The lowest BCUT2D eigenvalue weighted by atomic mass is 10.0. The molecule has 0 N–H and O–H groups in total. The average Bonchev–Trinajstić information content (AvgIpc) is 2.65. The Morgan fingerprint density at radius 1 is 0.615 bits per heavy atom. The van der Waals surface area contributed by atoms with E-state index in [-0.39, 0.29) is 0 Å². The molecule has 132 valence electrons. The van der Waals surface area contributed by atoms with Crippen molar-refractivity contribution < 1.29 is 9.47 Å². The van der Waals surface area contributed by atoms with E-state index >= 15 is 0 Å². The average molecular weight is 344 g/mol. The van der Waals surface area contributed by atoms with Gasteiger partial charge in [-0.15, -0.1) is 0 Å². The van der Waals surface area contributed by atoms with Crippen LogP contribution in [0.25, 0.3) is 0 Å². The van der Waals surface area contributed by atoms with E-state index in [0.717, 1.165) is 72.6 Å². The molecule has 0 saturated heterocycles. The second-order valence-corrected chi connectivity index (χ2v) is 6.32. The topological polar surface area (TPSA) is 18.5 Å². The van der Waals surface area contributed by atoms with Gasteiger partial charge in [-0.05, 0) is 49.2 Å². The standard InChI is InChI=1S/C24H24O2/c1-3-5-15-25-23-13-11-19-8-10-22-18-24(26-16-6-4-2)14-12-20(22)7-9-21(19)17-23/h11-14,17-18H,3-6,15-16H2,1-2H3. The number of fused-ring (bicyclic) bond motifs is 2. The fourth-order valence-electron chi connectivity index (χ4n) is 2.59. The van der Waals surface area contributed by atoms with Gasteiger partial charge in [0.05, 0.1) is 13.2 Å². The second-order valence-electron chi connectivity index (χ2n) is 6.32. The van der Waals surface area contributed by atoms with E-state index in [2.05, 4.69) is 37.5 Å². The van der Waals surface area contributed by atoms with Crippen LogP contribution in [0.1, 0.15) is 61.8 Å². The Morgan fingerprint density at radius 3 is 1.46 bits per heavy atom. The van der Waals surface area contributed by atoms with Crippen LogP contribution in [-0.4, -0.2) is 13.2 Å². The zero-order valence-electron chi connectivity index (χ0n) is 15.5. The highest BCUT2D eigenvalue weighted by Gasteiger charge is 2.06. The van der Waals surface area contributed by atoms with Gasteiger partial charge in [0.1, 0.15) is 11.5 Å². The highest BCUT2D eigenvalue weighted by atomic mass is 16.5. The summed E-state index contributed by atoms with van der Waals surface area (Å²) in [4.78, 5) is 0. The van der Waals surface area contributed by atoms with Gasteiger partial charge in [0, 0.05) is 22.3 Å². The van der Waals surface area contributed by atoms with Crippen molar-refractivity contribution in [3.63, 3.8) is 0 Å². The van der Waals surface area contributed by atoms with Crippen LogP contribution in [0.2, 0.25) is 0 Å². The van der Waals surface area contributed by atoms with Crippen LogP contribution in [0.4, 0.5) is 0 Å². The summed E-state index contributed by atoms with van der Waals surface area (Å²) in [5, 5.41) is 0. The van der Waals surface area contributed by atoms with Crippen molar-refractivity contribution in [1.29, 1.82) is 0 Å². The third kappa shape index (κ3) is 4.62. The molecule has 0 radical (unpaired) electrons. The molecule has 0 aliphatic heterocycles. The van der Waals surface area contributed by atoms with Gasteiger partial charge in [-0.1, -0.05) is 50.4 Å². The van der Waals surface area contributed by atoms with Gasteiger partial charge in [-0.3, -0.25) is 0 Å². The lowest BCUT2D eigenvalue weighted by Crippen LogP contribution is -1.99. The summed E-state index contributed by atoms with van der Waals surface area (Å²) in [6, 6.07) is 11.9. The van der Waals surface area contributed by atoms with Gasteiger partial charge < -0.3 is 9.47 Å². The number of hydrogen-bond donors (Lipinski definition) is 0. The molecule has 2 aromatic carbocycles. The third-order valence-electron chi connectivity index (χ3n) is 4.18. The zero-order chi connectivity index (χ0) is 18.2. The van der Waals surface area contributed by atoms with Crippen LogP contribution in [0.15, 0.2) is 36.4 Å². The normalized spacial score (nSPS) is 10.8. The van der Waals surface area contributed by atoms with Crippen LogP contribution in [-0.2, 0) is 0 Å². The molecular weight excluding hydrogens is 320 g/mol. The molecule has 1 aliphatic carbocycles. The minimum Gasteiger partial charge on any atom is -0.494 e. The van der Waals surface area contributed by atoms with Crippen molar-refractivity contribution in [2.24, 2.45) is 0 Å². The molecule has 0 aromatic heterocycles. The quantitative estimate of drug-likeness (QED) is 0.415. The van der Waals surface area contributed by atoms with Crippen molar-refractivity contribution in [1.82, 2.24) is 0 Å². The van der Waals surface area contributed by atoms with Crippen molar-refractivity contribution in [2.45, 2.75) is 39.5 Å². The van der Waals surface area contributed by atoms with Crippen LogP contribution >= 0.6 is 0 Å². The Morgan fingerprint density at radius 2 is 1.04 bits per heavy atom. The van der Waals surface area contributed by atoms with E-state index in [1.165, 1.54) is 0 Å². The predicted octanol–water partition coefficient (Wildman–Crippen LogP) is 5.16. The maximum Gasteiger partial charge on any atom is 0.120 e. The molecule has 0 spiro atoms. The Balaban J connectivity index is 1.82. The summed E-state index contributed by atoms with van der Waals surface area (Å²) in [6.07, 6.45) is 4.35. The number of unbranched alkanes of at least 4 members (excludes halogenated alkanes) is 2. The van der Waals surface area contributed by atoms with E-state index in [0.29, 0.717) is 0 Å². The summed E-state index contributed by atoms with van der Waals surface area (Å²) >= 11 is 0. The first-order valence-corrected chi connectivity index (χ1v) is 9.38. The molecule has 0 saturated carbocycles. The maximum absolute atomic E-state index is 5.78. The molecule has 3 rings (SSSR count). The Hall–Kier alpha value is -2.84. The molecule has 0 bridgehead atoms. The lowest BCUT2D eigenvalue weighted by Gasteiger charge is -2.09. The number of rotatable bonds is 8. The number of benzene rings is 2. The molecule has 0 heterocycles. The summed E-state index contributed by atoms with van der Waals surface area (Å²) in [5.74, 6) is 14.7. The number of hydrogen-bond acceptors (Lipinski definition) is 2. The van der Waals surface area contributed by atoms with Crippen LogP contribution in [0.5, 0.6) is 11.5 Å². The molecule has 2 heteroatoms. The highest BCUT2D eigenvalue weighted by Crippen LogP contribution is 2.21. The van der Waals surface area contributed by atoms with Crippen LogP contribution < -0.4 is 9.47 Å². The minimum atomic E-state index is 0.734. The van der Waals surface area contributed by atoms with Crippen molar-refractivity contribution in [2.75, 3.05) is 13.2 Å². The zero-order valence-corrected chi connectivity index (χ0v) is 15.5. The molecule has 0 fully saturated rings. The van der Waals surface area contributed by atoms with Gasteiger partial charge >= 0.3 is 0 Å². The molecule has 0 unspecified atom stereocenters. The SMILES string of the molecule is CCCCOc1ccc2c(c1)C#Cc1ccc(OCCCC)cc1C#C2. The molecular formula is C24H24O2. The smallest absolute Gasteiger partial charge is 0.120 e. The third-order valence-corrected chi connectivity index (χ3v) is 4.18. The van der Waals surface area contributed by atoms with Crippen LogP contribution in [0, 0.1) is 23.7 Å². The lowest BCUT2D eigenvalue weighted by molar-refractivity contribution is 0.309. The highest BCUT2D eigenvalue weighted by molar-refractivity contribution is 5.62. The fourth-order valence-corrected chi connectivity index (χ4v) is 2.59. The summed E-state index contributed by atoms with van der Waals surface area (Å²) in [7, 11) is 0. The van der Waals surface area contributed by atoms with Crippen LogP contribution in [0.3, 0.4) is 0 Å². The molecule has 1 aliphatic rings. The Bertz CT molecular complexity index is 812. The summed E-state index contributed by atoms with van der Waals surface area (Å²) < 4.78 is 11.6. The van der Waals surface area contributed by atoms with E-state index in [9.17, 15) is 0 Å². The maximum atomic E-state index is 5.78. The largest absolute Gasteiger partial charge is 0.494 e. The van der Waals surface area contributed by atoms with Gasteiger partial charge in [0.15, 0.2) is 0 Å². The number of ether oxygens (including phenoxy) is 2. The molecule has 26 heavy (non-hydrogen) atoms. The molecule has 2 aromatic rings. The van der Waals surface area contributed by atoms with Gasteiger partial charge in [-0.2, -0.15) is 0 Å². The van der Waals surface area contributed by atoms with E-state index in [4.69, 9.17) is 9.47 Å². The summed E-state index contributed by atoms with van der Waals surface area (Å²) in [5.41, 5.74) is 3.70. The molecule has 2 nitrogen and oxygen atoms in total. The van der Waals surface area contributed by atoms with Crippen molar-refractivity contribution in [3.8, 4) is 35.2 Å².